The standard InChI is InChI=1S/C15H21N5/c1-12-9-15(17-11-16-12)20-7-4-13(5-8-20)10-14-3-6-18-19(14)2/h3,6,9,11,13H,4-5,7-8,10H2,1-2H3. The topological polar surface area (TPSA) is 46.8 Å². The van der Waals surface area contributed by atoms with Crippen LogP contribution in [0.1, 0.15) is 24.2 Å². The van der Waals surface area contributed by atoms with Gasteiger partial charge >= 0.3 is 0 Å². The van der Waals surface area contributed by atoms with Crippen molar-refractivity contribution in [2.45, 2.75) is 26.2 Å². The smallest absolute Gasteiger partial charge is 0.132 e. The van der Waals surface area contributed by atoms with Crippen LogP contribution in [0, 0.1) is 12.8 Å². The van der Waals surface area contributed by atoms with E-state index in [1.165, 1.54) is 18.5 Å². The average Bonchev–Trinajstić information content (AvgIpc) is 2.85. The van der Waals surface area contributed by atoms with Crippen LogP contribution in [0.2, 0.25) is 0 Å². The molecule has 0 amide bonds. The van der Waals surface area contributed by atoms with Gasteiger partial charge in [-0.2, -0.15) is 5.10 Å². The van der Waals surface area contributed by atoms with Crippen LogP contribution >= 0.6 is 0 Å². The molecule has 0 radical (unpaired) electrons. The number of nitrogens with zero attached hydrogens (tertiary/aromatic N) is 5. The zero-order valence-corrected chi connectivity index (χ0v) is 12.2. The van der Waals surface area contributed by atoms with E-state index in [0.29, 0.717) is 0 Å². The van der Waals surface area contributed by atoms with E-state index >= 15 is 0 Å². The molecule has 0 unspecified atom stereocenters. The Labute approximate surface area is 119 Å². The first kappa shape index (κ1) is 13.1. The molecule has 2 aromatic heterocycles. The number of hydrogen-bond acceptors (Lipinski definition) is 4. The molecule has 3 rings (SSSR count). The summed E-state index contributed by atoms with van der Waals surface area (Å²) >= 11 is 0. The molecule has 1 saturated heterocycles. The number of piperidine rings is 1. The fourth-order valence-electron chi connectivity index (χ4n) is 2.88. The van der Waals surface area contributed by atoms with Crippen molar-refractivity contribution in [2.24, 2.45) is 13.0 Å². The molecule has 0 aromatic carbocycles. The lowest BCUT2D eigenvalue weighted by Crippen LogP contribution is -2.35. The quantitative estimate of drug-likeness (QED) is 0.856. The Hall–Kier alpha value is -1.91. The van der Waals surface area contributed by atoms with Crippen molar-refractivity contribution in [3.05, 3.63) is 36.0 Å². The van der Waals surface area contributed by atoms with Gasteiger partial charge in [-0.3, -0.25) is 4.68 Å². The predicted molar refractivity (Wildman–Crippen MR) is 78.6 cm³/mol. The van der Waals surface area contributed by atoms with E-state index < -0.39 is 0 Å². The Kier molecular flexibility index (Phi) is 3.67. The Balaban J connectivity index is 1.58. The third-order valence-corrected chi connectivity index (χ3v) is 4.15. The van der Waals surface area contributed by atoms with Crippen LogP contribution in [-0.4, -0.2) is 32.8 Å². The van der Waals surface area contributed by atoms with Gasteiger partial charge in [-0.1, -0.05) is 0 Å². The van der Waals surface area contributed by atoms with E-state index in [2.05, 4.69) is 32.1 Å². The zero-order valence-electron chi connectivity index (χ0n) is 12.2. The van der Waals surface area contributed by atoms with Gasteiger partial charge in [0.25, 0.3) is 0 Å². The second kappa shape index (κ2) is 5.61. The summed E-state index contributed by atoms with van der Waals surface area (Å²) in [6.45, 7) is 4.18. The molecule has 0 bridgehead atoms. The molecule has 0 spiro atoms. The number of aromatic nitrogens is 4. The lowest BCUT2D eigenvalue weighted by molar-refractivity contribution is 0.394. The highest BCUT2D eigenvalue weighted by Gasteiger charge is 2.21. The molecule has 1 aliphatic heterocycles. The van der Waals surface area contributed by atoms with Gasteiger partial charge in [0, 0.05) is 43.8 Å². The van der Waals surface area contributed by atoms with Crippen molar-refractivity contribution in [3.63, 3.8) is 0 Å². The van der Waals surface area contributed by atoms with Crippen LogP contribution in [0.5, 0.6) is 0 Å². The minimum Gasteiger partial charge on any atom is -0.356 e. The van der Waals surface area contributed by atoms with Crippen molar-refractivity contribution < 1.29 is 0 Å². The summed E-state index contributed by atoms with van der Waals surface area (Å²) in [6, 6.07) is 4.20. The Morgan fingerprint density at radius 1 is 1.25 bits per heavy atom. The van der Waals surface area contributed by atoms with E-state index in [-0.39, 0.29) is 0 Å². The molecule has 106 valence electrons. The molecule has 1 fully saturated rings. The van der Waals surface area contributed by atoms with Crippen LogP contribution in [0.4, 0.5) is 5.82 Å². The molecule has 0 N–H and O–H groups in total. The second-order valence-corrected chi connectivity index (χ2v) is 5.60. The fraction of sp³-hybridized carbons (Fsp3) is 0.533. The SMILES string of the molecule is Cc1cc(N2CCC(Cc3ccnn3C)CC2)ncn1. The molecular formula is C15H21N5. The summed E-state index contributed by atoms with van der Waals surface area (Å²) in [5, 5.41) is 4.24. The number of rotatable bonds is 3. The molecule has 0 saturated carbocycles. The molecule has 3 heterocycles. The van der Waals surface area contributed by atoms with E-state index in [0.717, 1.165) is 36.9 Å². The second-order valence-electron chi connectivity index (χ2n) is 5.60. The van der Waals surface area contributed by atoms with Crippen molar-refractivity contribution in [1.82, 2.24) is 19.7 Å². The molecule has 5 heteroatoms. The van der Waals surface area contributed by atoms with Crippen molar-refractivity contribution >= 4 is 5.82 Å². The minimum absolute atomic E-state index is 0.754. The monoisotopic (exact) mass is 271 g/mol. The van der Waals surface area contributed by atoms with Crippen LogP contribution in [-0.2, 0) is 13.5 Å². The van der Waals surface area contributed by atoms with Gasteiger partial charge in [-0.05, 0) is 38.2 Å². The van der Waals surface area contributed by atoms with Gasteiger partial charge in [0.05, 0.1) is 0 Å². The van der Waals surface area contributed by atoms with Crippen LogP contribution in [0.3, 0.4) is 0 Å². The fourth-order valence-corrected chi connectivity index (χ4v) is 2.88. The maximum Gasteiger partial charge on any atom is 0.132 e. The van der Waals surface area contributed by atoms with Crippen molar-refractivity contribution in [1.29, 1.82) is 0 Å². The third-order valence-electron chi connectivity index (χ3n) is 4.15. The Morgan fingerprint density at radius 2 is 2.05 bits per heavy atom. The van der Waals surface area contributed by atoms with Crippen molar-refractivity contribution in [2.75, 3.05) is 18.0 Å². The normalized spacial score (nSPS) is 16.6. The van der Waals surface area contributed by atoms with Crippen molar-refractivity contribution in [3.8, 4) is 0 Å². The lowest BCUT2D eigenvalue weighted by atomic mass is 9.92. The Bertz CT molecular complexity index is 569. The molecular weight excluding hydrogens is 250 g/mol. The first-order chi connectivity index (χ1) is 9.72. The third kappa shape index (κ3) is 2.81. The molecule has 2 aromatic rings. The van der Waals surface area contributed by atoms with E-state index in [1.807, 2.05) is 24.9 Å². The van der Waals surface area contributed by atoms with E-state index in [9.17, 15) is 0 Å². The van der Waals surface area contributed by atoms with Gasteiger partial charge in [-0.15, -0.1) is 0 Å². The van der Waals surface area contributed by atoms with Crippen LogP contribution in [0.25, 0.3) is 0 Å². The van der Waals surface area contributed by atoms with Gasteiger partial charge < -0.3 is 4.90 Å². The molecule has 5 nitrogen and oxygen atoms in total. The summed E-state index contributed by atoms with van der Waals surface area (Å²) in [6.07, 6.45) is 7.11. The molecule has 1 aliphatic rings. The summed E-state index contributed by atoms with van der Waals surface area (Å²) in [7, 11) is 2.02. The predicted octanol–water partition coefficient (Wildman–Crippen LogP) is 1.98. The highest BCUT2D eigenvalue weighted by Crippen LogP contribution is 2.24. The number of hydrogen-bond donors (Lipinski definition) is 0. The van der Waals surface area contributed by atoms with E-state index in [4.69, 9.17) is 0 Å². The molecule has 0 atom stereocenters. The summed E-state index contributed by atoms with van der Waals surface area (Å²) in [5.41, 5.74) is 2.37. The molecule has 0 aliphatic carbocycles. The summed E-state index contributed by atoms with van der Waals surface area (Å²) in [5.74, 6) is 1.82. The first-order valence-electron chi connectivity index (χ1n) is 7.23. The van der Waals surface area contributed by atoms with Gasteiger partial charge in [0.2, 0.25) is 0 Å². The van der Waals surface area contributed by atoms with Gasteiger partial charge in [-0.25, -0.2) is 9.97 Å². The summed E-state index contributed by atoms with van der Waals surface area (Å²) < 4.78 is 1.99. The van der Waals surface area contributed by atoms with E-state index in [1.54, 1.807) is 6.33 Å². The van der Waals surface area contributed by atoms with Gasteiger partial charge in [0.15, 0.2) is 0 Å². The maximum absolute atomic E-state index is 4.38. The summed E-state index contributed by atoms with van der Waals surface area (Å²) in [4.78, 5) is 10.9. The lowest BCUT2D eigenvalue weighted by Gasteiger charge is -2.32. The maximum atomic E-state index is 4.38. The largest absolute Gasteiger partial charge is 0.356 e. The first-order valence-corrected chi connectivity index (χ1v) is 7.23. The number of anilines is 1. The average molecular weight is 271 g/mol. The highest BCUT2D eigenvalue weighted by molar-refractivity contribution is 5.39. The Morgan fingerprint density at radius 3 is 2.70 bits per heavy atom. The zero-order chi connectivity index (χ0) is 13.9. The minimum atomic E-state index is 0.754. The van der Waals surface area contributed by atoms with Gasteiger partial charge in [0.1, 0.15) is 12.1 Å². The highest BCUT2D eigenvalue weighted by atomic mass is 15.3. The van der Waals surface area contributed by atoms with Crippen LogP contribution < -0.4 is 4.90 Å². The molecule has 20 heavy (non-hydrogen) atoms. The number of aryl methyl sites for hydroxylation is 2. The van der Waals surface area contributed by atoms with Crippen LogP contribution in [0.15, 0.2) is 24.7 Å².